The van der Waals surface area contributed by atoms with Crippen LogP contribution in [-0.2, 0) is 4.84 Å². The molecule has 0 heterocycles. The zero-order valence-electron chi connectivity index (χ0n) is 11.5. The Morgan fingerprint density at radius 2 is 2.00 bits per heavy atom. The molecule has 0 unspecified atom stereocenters. The van der Waals surface area contributed by atoms with E-state index in [-0.39, 0.29) is 12.7 Å². The Balaban J connectivity index is 2.36. The zero-order valence-corrected chi connectivity index (χ0v) is 11.5. The van der Waals surface area contributed by atoms with Crippen LogP contribution in [0, 0.1) is 0 Å². The predicted molar refractivity (Wildman–Crippen MR) is 79.3 cm³/mol. The Bertz CT molecular complexity index is 374. The molecule has 0 aliphatic rings. The van der Waals surface area contributed by atoms with Crippen molar-refractivity contribution in [2.45, 2.75) is 38.7 Å². The van der Waals surface area contributed by atoms with E-state index in [0.29, 0.717) is 6.42 Å². The molecule has 0 saturated heterocycles. The number of allylic oxidation sites excluding steroid dienone is 2. The van der Waals surface area contributed by atoms with Crippen LogP contribution in [0.15, 0.2) is 47.6 Å². The number of aliphatic hydroxyl groups excluding tert-OH is 1. The monoisotopic (exact) mass is 261 g/mol. The van der Waals surface area contributed by atoms with Gasteiger partial charge in [-0.1, -0.05) is 54.6 Å². The average Bonchev–Trinajstić information content (AvgIpc) is 2.44. The molecule has 0 aromatic heterocycles. The van der Waals surface area contributed by atoms with E-state index in [1.54, 1.807) is 6.21 Å². The van der Waals surface area contributed by atoms with E-state index >= 15 is 0 Å². The van der Waals surface area contributed by atoms with Crippen LogP contribution in [0.25, 0.3) is 0 Å². The van der Waals surface area contributed by atoms with Gasteiger partial charge in [-0.25, -0.2) is 0 Å². The maximum absolute atomic E-state index is 9.01. The lowest BCUT2D eigenvalue weighted by Gasteiger charge is -2.12. The summed E-state index contributed by atoms with van der Waals surface area (Å²) in [5.74, 6) is 0. The summed E-state index contributed by atoms with van der Waals surface area (Å²) >= 11 is 0. The third-order valence-electron chi connectivity index (χ3n) is 2.72. The van der Waals surface area contributed by atoms with Gasteiger partial charge in [0.25, 0.3) is 0 Å². The molecule has 3 nitrogen and oxygen atoms in total. The Kier molecular flexibility index (Phi) is 8.39. The summed E-state index contributed by atoms with van der Waals surface area (Å²) in [4.78, 5) is 5.44. The molecule has 0 fully saturated rings. The second-order valence-electron chi connectivity index (χ2n) is 4.34. The average molecular weight is 261 g/mol. The van der Waals surface area contributed by atoms with Gasteiger partial charge in [0.05, 0.1) is 6.21 Å². The highest BCUT2D eigenvalue weighted by molar-refractivity contribution is 5.78. The van der Waals surface area contributed by atoms with E-state index in [1.807, 2.05) is 30.3 Å². The van der Waals surface area contributed by atoms with Crippen molar-refractivity contribution in [3.8, 4) is 0 Å². The summed E-state index contributed by atoms with van der Waals surface area (Å²) in [7, 11) is 0. The molecule has 3 heteroatoms. The first-order chi connectivity index (χ1) is 9.36. The second-order valence-corrected chi connectivity index (χ2v) is 4.34. The van der Waals surface area contributed by atoms with Crippen molar-refractivity contribution < 1.29 is 9.94 Å². The van der Waals surface area contributed by atoms with Gasteiger partial charge in [0.2, 0.25) is 0 Å². The summed E-state index contributed by atoms with van der Waals surface area (Å²) in [6, 6.07) is 9.83. The van der Waals surface area contributed by atoms with Crippen LogP contribution in [0.5, 0.6) is 0 Å². The molecule has 1 atom stereocenters. The van der Waals surface area contributed by atoms with Gasteiger partial charge in [-0.05, 0) is 24.8 Å². The first-order valence-corrected chi connectivity index (χ1v) is 6.87. The minimum Gasteiger partial charge on any atom is -0.396 e. The molecular formula is C16H23NO2. The molecule has 0 spiro atoms. The van der Waals surface area contributed by atoms with E-state index < -0.39 is 0 Å². The Morgan fingerprint density at radius 3 is 2.68 bits per heavy atom. The van der Waals surface area contributed by atoms with Crippen molar-refractivity contribution in [2.75, 3.05) is 6.61 Å². The van der Waals surface area contributed by atoms with Crippen molar-refractivity contribution in [3.63, 3.8) is 0 Å². The summed E-state index contributed by atoms with van der Waals surface area (Å²) in [6.07, 6.45) is 9.47. The molecule has 1 N–H and O–H groups in total. The highest BCUT2D eigenvalue weighted by Crippen LogP contribution is 2.08. The third-order valence-corrected chi connectivity index (χ3v) is 2.72. The summed E-state index contributed by atoms with van der Waals surface area (Å²) in [5.41, 5.74) is 1.01. The standard InChI is InChI=1S/C16H23NO2/c1-2-3-4-8-11-16(12-13-18)19-17-14-15-9-6-5-7-10-15/h3-7,9-10,14,16,18H,2,8,11-13H2,1H3/b4-3-,17-14+/t16-/m1/s1. The number of aliphatic hydroxyl groups is 1. The minimum atomic E-state index is -0.0218. The van der Waals surface area contributed by atoms with Gasteiger partial charge in [-0.3, -0.25) is 0 Å². The molecule has 104 valence electrons. The maximum Gasteiger partial charge on any atom is 0.130 e. The Labute approximate surface area is 115 Å². The first-order valence-electron chi connectivity index (χ1n) is 6.87. The smallest absolute Gasteiger partial charge is 0.130 e. The molecule has 1 rings (SSSR count). The number of rotatable bonds is 9. The number of benzene rings is 1. The van der Waals surface area contributed by atoms with E-state index in [9.17, 15) is 0 Å². The van der Waals surface area contributed by atoms with E-state index in [4.69, 9.17) is 9.94 Å². The zero-order chi connectivity index (χ0) is 13.8. The van der Waals surface area contributed by atoms with E-state index in [1.165, 1.54) is 0 Å². The molecule has 0 amide bonds. The van der Waals surface area contributed by atoms with Crippen LogP contribution in [0.4, 0.5) is 0 Å². The predicted octanol–water partition coefficient (Wildman–Crippen LogP) is 3.53. The van der Waals surface area contributed by atoms with Crippen molar-refractivity contribution in [1.82, 2.24) is 0 Å². The summed E-state index contributed by atoms with van der Waals surface area (Å²) in [6.45, 7) is 2.24. The van der Waals surface area contributed by atoms with Crippen molar-refractivity contribution >= 4 is 6.21 Å². The quantitative estimate of drug-likeness (QED) is 0.420. The van der Waals surface area contributed by atoms with Crippen LogP contribution in [-0.4, -0.2) is 24.0 Å². The maximum atomic E-state index is 9.01. The largest absolute Gasteiger partial charge is 0.396 e. The van der Waals surface area contributed by atoms with E-state index in [2.05, 4.69) is 24.2 Å². The Hall–Kier alpha value is -1.61. The van der Waals surface area contributed by atoms with E-state index in [0.717, 1.165) is 24.8 Å². The van der Waals surface area contributed by atoms with Crippen LogP contribution < -0.4 is 0 Å². The number of hydrogen-bond donors (Lipinski definition) is 1. The van der Waals surface area contributed by atoms with Gasteiger partial charge in [0.1, 0.15) is 6.10 Å². The molecule has 0 saturated carbocycles. The molecule has 19 heavy (non-hydrogen) atoms. The molecule has 0 aliphatic carbocycles. The molecule has 0 radical (unpaired) electrons. The van der Waals surface area contributed by atoms with Gasteiger partial charge < -0.3 is 9.94 Å². The van der Waals surface area contributed by atoms with Gasteiger partial charge in [-0.2, -0.15) is 0 Å². The SMILES string of the molecule is CC/C=C\CC[C@H](CCO)O/N=C/c1ccccc1. The van der Waals surface area contributed by atoms with Crippen LogP contribution in [0.1, 0.15) is 38.2 Å². The fraction of sp³-hybridized carbons (Fsp3) is 0.438. The van der Waals surface area contributed by atoms with Crippen LogP contribution in [0.3, 0.4) is 0 Å². The third kappa shape index (κ3) is 7.42. The highest BCUT2D eigenvalue weighted by atomic mass is 16.6. The topological polar surface area (TPSA) is 41.8 Å². The van der Waals surface area contributed by atoms with Gasteiger partial charge in [0.15, 0.2) is 0 Å². The minimum absolute atomic E-state index is 0.0218. The summed E-state index contributed by atoms with van der Waals surface area (Å²) in [5, 5.41) is 13.0. The lowest BCUT2D eigenvalue weighted by atomic mass is 10.1. The normalized spacial score (nSPS) is 13.2. The number of oxime groups is 1. The second kappa shape index (κ2) is 10.3. The fourth-order valence-corrected chi connectivity index (χ4v) is 1.68. The molecule has 0 bridgehead atoms. The van der Waals surface area contributed by atoms with Gasteiger partial charge in [0, 0.05) is 13.0 Å². The number of nitrogens with zero attached hydrogens (tertiary/aromatic N) is 1. The lowest BCUT2D eigenvalue weighted by molar-refractivity contribution is 0.0364. The molecule has 1 aromatic rings. The lowest BCUT2D eigenvalue weighted by Crippen LogP contribution is -2.11. The van der Waals surface area contributed by atoms with Crippen LogP contribution >= 0.6 is 0 Å². The number of hydrogen-bond acceptors (Lipinski definition) is 3. The summed E-state index contributed by atoms with van der Waals surface area (Å²) < 4.78 is 0. The van der Waals surface area contributed by atoms with Gasteiger partial charge in [-0.15, -0.1) is 0 Å². The van der Waals surface area contributed by atoms with Gasteiger partial charge >= 0.3 is 0 Å². The van der Waals surface area contributed by atoms with Crippen molar-refractivity contribution in [3.05, 3.63) is 48.0 Å². The molecule has 0 aliphatic heterocycles. The fourth-order valence-electron chi connectivity index (χ4n) is 1.68. The highest BCUT2D eigenvalue weighted by Gasteiger charge is 2.07. The molecular weight excluding hydrogens is 238 g/mol. The first kappa shape index (κ1) is 15.4. The van der Waals surface area contributed by atoms with Crippen LogP contribution in [0.2, 0.25) is 0 Å². The van der Waals surface area contributed by atoms with Crippen molar-refractivity contribution in [2.24, 2.45) is 5.16 Å². The Morgan fingerprint density at radius 1 is 1.21 bits per heavy atom. The molecule has 1 aromatic carbocycles. The van der Waals surface area contributed by atoms with Crippen molar-refractivity contribution in [1.29, 1.82) is 0 Å².